The minimum absolute atomic E-state index is 0.274. The fraction of sp³-hybridized carbons (Fsp3) is 0.300. The summed E-state index contributed by atoms with van der Waals surface area (Å²) < 4.78 is 33.9. The lowest BCUT2D eigenvalue weighted by atomic mass is 10.1. The molecular weight excluding hydrogens is 364 g/mol. The fourth-order valence-electron chi connectivity index (χ4n) is 3.96. The number of aromatic nitrogens is 3. The lowest BCUT2D eigenvalue weighted by Crippen LogP contribution is -2.36. The van der Waals surface area contributed by atoms with Gasteiger partial charge >= 0.3 is 0 Å². The highest BCUT2D eigenvalue weighted by atomic mass is 19.1. The number of nitrogens with zero attached hydrogens (tertiary/aromatic N) is 4. The molecule has 6 nitrogen and oxygen atoms in total. The number of hydrogen-bond donors (Lipinski definition) is 1. The van der Waals surface area contributed by atoms with Crippen molar-refractivity contribution in [3.8, 4) is 5.69 Å². The van der Waals surface area contributed by atoms with Gasteiger partial charge in [0.2, 0.25) is 5.95 Å². The number of anilines is 3. The average molecular weight is 383 g/mol. The molecule has 3 heterocycles. The summed E-state index contributed by atoms with van der Waals surface area (Å²) in [6.07, 6.45) is 2.82. The van der Waals surface area contributed by atoms with Gasteiger partial charge in [0.25, 0.3) is 0 Å². The first-order valence-electron chi connectivity index (χ1n) is 9.18. The summed E-state index contributed by atoms with van der Waals surface area (Å²) in [5, 5.41) is 7.46. The molecule has 1 aromatic heterocycles. The van der Waals surface area contributed by atoms with Crippen LogP contribution in [0.15, 0.2) is 42.7 Å². The Hall–Kier alpha value is -3.00. The molecule has 1 N–H and O–H groups in total. The van der Waals surface area contributed by atoms with Crippen LogP contribution in [0.5, 0.6) is 0 Å². The molecule has 2 atom stereocenters. The van der Waals surface area contributed by atoms with Crippen LogP contribution < -0.4 is 10.2 Å². The van der Waals surface area contributed by atoms with Crippen molar-refractivity contribution in [3.63, 3.8) is 0 Å². The van der Waals surface area contributed by atoms with E-state index in [1.807, 2.05) is 13.0 Å². The molecule has 28 heavy (non-hydrogen) atoms. The number of aryl methyl sites for hydroxylation is 1. The van der Waals surface area contributed by atoms with E-state index in [0.29, 0.717) is 18.1 Å². The number of nitrogens with one attached hydrogen (secondary N) is 1. The highest BCUT2D eigenvalue weighted by Crippen LogP contribution is 2.34. The molecule has 0 aliphatic carbocycles. The van der Waals surface area contributed by atoms with Crippen LogP contribution in [0.1, 0.15) is 12.0 Å². The van der Waals surface area contributed by atoms with Crippen LogP contribution in [0.25, 0.3) is 5.69 Å². The standard InChI is InChI=1S/C20H19F2N5O/c1-12-2-15(7-16(3-12)26-9-19-8-18(26)10-28-19)24-20-23-11-27(25-20)17-5-13(21)4-14(22)6-17/h2-7,11,18-19H,8-10H2,1H3,(H,24,25)/t18-,19-/m1/s1. The summed E-state index contributed by atoms with van der Waals surface area (Å²) in [4.78, 5) is 6.59. The number of morpholine rings is 1. The van der Waals surface area contributed by atoms with Crippen molar-refractivity contribution in [2.45, 2.75) is 25.5 Å². The van der Waals surface area contributed by atoms with Gasteiger partial charge in [-0.3, -0.25) is 0 Å². The molecule has 2 aliphatic rings. The number of ether oxygens (including phenoxy) is 1. The summed E-state index contributed by atoms with van der Waals surface area (Å²) in [5.74, 6) is -0.966. The number of halogens is 2. The minimum Gasteiger partial charge on any atom is -0.374 e. The Morgan fingerprint density at radius 3 is 2.61 bits per heavy atom. The van der Waals surface area contributed by atoms with Gasteiger partial charge in [-0.1, -0.05) is 0 Å². The quantitative estimate of drug-likeness (QED) is 0.746. The SMILES string of the molecule is Cc1cc(Nc2ncn(-c3cc(F)cc(F)c3)n2)cc(N2C[C@H]3C[C@@H]2CO3)c1. The van der Waals surface area contributed by atoms with Gasteiger partial charge in [-0.15, -0.1) is 5.10 Å². The van der Waals surface area contributed by atoms with Gasteiger partial charge in [-0.25, -0.2) is 13.5 Å². The molecule has 2 fully saturated rings. The third kappa shape index (κ3) is 3.20. The third-order valence-electron chi connectivity index (χ3n) is 5.15. The maximum Gasteiger partial charge on any atom is 0.246 e. The van der Waals surface area contributed by atoms with E-state index in [1.54, 1.807) is 0 Å². The lowest BCUT2D eigenvalue weighted by Gasteiger charge is -2.29. The van der Waals surface area contributed by atoms with Crippen molar-refractivity contribution in [3.05, 3.63) is 59.9 Å². The van der Waals surface area contributed by atoms with Crippen molar-refractivity contribution >= 4 is 17.3 Å². The predicted molar refractivity (Wildman–Crippen MR) is 101 cm³/mol. The van der Waals surface area contributed by atoms with Gasteiger partial charge in [0.05, 0.1) is 24.4 Å². The number of benzene rings is 2. The Balaban J connectivity index is 1.39. The molecule has 3 aromatic rings. The molecule has 0 spiro atoms. The number of fused-ring (bicyclic) bond motifs is 2. The summed E-state index contributed by atoms with van der Waals surface area (Å²) in [7, 11) is 0. The van der Waals surface area contributed by atoms with Gasteiger partial charge in [-0.2, -0.15) is 4.98 Å². The molecule has 0 unspecified atom stereocenters. The molecular formula is C20H19F2N5O. The first kappa shape index (κ1) is 17.1. The molecule has 2 aliphatic heterocycles. The summed E-state index contributed by atoms with van der Waals surface area (Å²) in [6, 6.07) is 9.90. The van der Waals surface area contributed by atoms with Crippen LogP contribution in [-0.4, -0.2) is 40.1 Å². The van der Waals surface area contributed by atoms with Crippen LogP contribution in [-0.2, 0) is 4.74 Å². The second kappa shape index (κ2) is 6.56. The van der Waals surface area contributed by atoms with E-state index in [9.17, 15) is 8.78 Å². The van der Waals surface area contributed by atoms with E-state index in [2.05, 4.69) is 32.4 Å². The van der Waals surface area contributed by atoms with Crippen molar-refractivity contribution in [2.24, 2.45) is 0 Å². The first-order chi connectivity index (χ1) is 13.5. The molecule has 2 saturated heterocycles. The van der Waals surface area contributed by atoms with Crippen LogP contribution in [0, 0.1) is 18.6 Å². The Labute approximate surface area is 160 Å². The zero-order chi connectivity index (χ0) is 19.3. The van der Waals surface area contributed by atoms with Crippen molar-refractivity contribution in [1.82, 2.24) is 14.8 Å². The highest BCUT2D eigenvalue weighted by Gasteiger charge is 2.39. The molecule has 144 valence electrons. The van der Waals surface area contributed by atoms with Gasteiger partial charge < -0.3 is 15.0 Å². The summed E-state index contributed by atoms with van der Waals surface area (Å²) in [5.41, 5.74) is 3.40. The predicted octanol–water partition coefficient (Wildman–Crippen LogP) is 3.58. The van der Waals surface area contributed by atoms with E-state index < -0.39 is 11.6 Å². The molecule has 5 rings (SSSR count). The maximum atomic E-state index is 13.4. The molecule has 8 heteroatoms. The third-order valence-corrected chi connectivity index (χ3v) is 5.15. The largest absolute Gasteiger partial charge is 0.374 e. The zero-order valence-electron chi connectivity index (χ0n) is 15.3. The van der Waals surface area contributed by atoms with Crippen molar-refractivity contribution in [2.75, 3.05) is 23.4 Å². The van der Waals surface area contributed by atoms with Gasteiger partial charge in [0.15, 0.2) is 0 Å². The van der Waals surface area contributed by atoms with E-state index in [0.717, 1.165) is 42.6 Å². The number of rotatable bonds is 4. The van der Waals surface area contributed by atoms with Crippen molar-refractivity contribution in [1.29, 1.82) is 0 Å². The Morgan fingerprint density at radius 1 is 1.07 bits per heavy atom. The van der Waals surface area contributed by atoms with Gasteiger partial charge in [0.1, 0.15) is 18.0 Å². The summed E-state index contributed by atoms with van der Waals surface area (Å²) >= 11 is 0. The van der Waals surface area contributed by atoms with E-state index in [-0.39, 0.29) is 5.69 Å². The van der Waals surface area contributed by atoms with Crippen LogP contribution in [0.3, 0.4) is 0 Å². The average Bonchev–Trinajstić information content (AvgIpc) is 3.37. The molecule has 0 saturated carbocycles. The molecule has 0 amide bonds. The van der Waals surface area contributed by atoms with Crippen LogP contribution in [0.4, 0.5) is 26.1 Å². The minimum atomic E-state index is -0.660. The summed E-state index contributed by atoms with van der Waals surface area (Å²) in [6.45, 7) is 3.73. The van der Waals surface area contributed by atoms with Gasteiger partial charge in [0, 0.05) is 24.0 Å². The second-order valence-electron chi connectivity index (χ2n) is 7.32. The monoisotopic (exact) mass is 383 g/mol. The Morgan fingerprint density at radius 2 is 1.89 bits per heavy atom. The lowest BCUT2D eigenvalue weighted by molar-refractivity contribution is 0.0991. The normalized spacial score (nSPS) is 20.8. The smallest absolute Gasteiger partial charge is 0.246 e. The maximum absolute atomic E-state index is 13.4. The fourth-order valence-corrected chi connectivity index (χ4v) is 3.96. The van der Waals surface area contributed by atoms with Crippen LogP contribution >= 0.6 is 0 Å². The Kier molecular flexibility index (Phi) is 4.01. The number of hydrogen-bond acceptors (Lipinski definition) is 5. The van der Waals surface area contributed by atoms with Gasteiger partial charge in [-0.05, 0) is 49.2 Å². The first-order valence-corrected chi connectivity index (χ1v) is 9.18. The molecule has 2 bridgehead atoms. The van der Waals surface area contributed by atoms with Crippen LogP contribution in [0.2, 0.25) is 0 Å². The second-order valence-corrected chi connectivity index (χ2v) is 7.32. The molecule has 2 aromatic carbocycles. The molecule has 0 radical (unpaired) electrons. The van der Waals surface area contributed by atoms with E-state index in [4.69, 9.17) is 4.74 Å². The topological polar surface area (TPSA) is 55.2 Å². The zero-order valence-corrected chi connectivity index (χ0v) is 15.3. The highest BCUT2D eigenvalue weighted by molar-refractivity contribution is 5.65. The van der Waals surface area contributed by atoms with E-state index in [1.165, 1.54) is 23.1 Å². The van der Waals surface area contributed by atoms with Crippen molar-refractivity contribution < 1.29 is 13.5 Å². The van der Waals surface area contributed by atoms with E-state index >= 15 is 0 Å². The Bertz CT molecular complexity index is 1020.